The van der Waals surface area contributed by atoms with Crippen LogP contribution < -0.4 is 0 Å². The Balaban J connectivity index is 2.40. The Labute approximate surface area is 96.3 Å². The van der Waals surface area contributed by atoms with Crippen LogP contribution in [0.4, 0.5) is 0 Å². The molecule has 0 radical (unpaired) electrons. The molecule has 0 saturated heterocycles. The zero-order valence-corrected chi connectivity index (χ0v) is 10.6. The van der Waals surface area contributed by atoms with E-state index in [1.807, 2.05) is 30.3 Å². The predicted octanol–water partition coefficient (Wildman–Crippen LogP) is 2.74. The normalized spacial score (nSPS) is 14.4. The highest BCUT2D eigenvalue weighted by Crippen LogP contribution is 2.41. The van der Waals surface area contributed by atoms with Gasteiger partial charge in [-0.05, 0) is 12.0 Å². The summed E-state index contributed by atoms with van der Waals surface area (Å²) in [5.74, 6) is -0.00321. The van der Waals surface area contributed by atoms with E-state index in [4.69, 9.17) is 4.52 Å². The molecular formula is C12H17O3P. The molecule has 0 bridgehead atoms. The van der Waals surface area contributed by atoms with E-state index in [-0.39, 0.29) is 11.9 Å². The standard InChI is InChI=1S/C12H17O3P/c1-15-16(2,14)10-12(13)9-8-11-6-4-3-5-7-11/h3-7H,8-10H2,1-2H3. The average Bonchev–Trinajstić information content (AvgIpc) is 2.27. The molecule has 0 aliphatic heterocycles. The van der Waals surface area contributed by atoms with Crippen molar-refractivity contribution in [1.29, 1.82) is 0 Å². The van der Waals surface area contributed by atoms with E-state index < -0.39 is 7.37 Å². The molecule has 16 heavy (non-hydrogen) atoms. The molecule has 0 amide bonds. The van der Waals surface area contributed by atoms with Crippen molar-refractivity contribution < 1.29 is 13.9 Å². The number of ketones is 1. The molecule has 1 unspecified atom stereocenters. The van der Waals surface area contributed by atoms with Gasteiger partial charge in [0.1, 0.15) is 5.78 Å². The Morgan fingerprint density at radius 1 is 1.31 bits per heavy atom. The topological polar surface area (TPSA) is 43.4 Å². The van der Waals surface area contributed by atoms with Crippen molar-refractivity contribution in [2.24, 2.45) is 0 Å². The van der Waals surface area contributed by atoms with E-state index in [1.165, 1.54) is 13.8 Å². The fraction of sp³-hybridized carbons (Fsp3) is 0.417. The van der Waals surface area contributed by atoms with Crippen molar-refractivity contribution in [2.75, 3.05) is 19.9 Å². The number of aryl methyl sites for hydroxylation is 1. The number of hydrogen-bond acceptors (Lipinski definition) is 3. The van der Waals surface area contributed by atoms with Crippen LogP contribution in [0.15, 0.2) is 30.3 Å². The van der Waals surface area contributed by atoms with Crippen molar-refractivity contribution in [1.82, 2.24) is 0 Å². The molecule has 1 atom stereocenters. The molecule has 1 aromatic carbocycles. The van der Waals surface area contributed by atoms with Gasteiger partial charge >= 0.3 is 0 Å². The van der Waals surface area contributed by atoms with Crippen molar-refractivity contribution in [3.63, 3.8) is 0 Å². The first kappa shape index (κ1) is 13.1. The van der Waals surface area contributed by atoms with E-state index in [9.17, 15) is 9.36 Å². The lowest BCUT2D eigenvalue weighted by molar-refractivity contribution is -0.116. The molecule has 3 nitrogen and oxygen atoms in total. The molecule has 0 fully saturated rings. The highest BCUT2D eigenvalue weighted by Gasteiger charge is 2.18. The minimum atomic E-state index is -2.70. The quantitative estimate of drug-likeness (QED) is 0.718. The molecule has 0 aromatic heterocycles. The maximum absolute atomic E-state index is 11.6. The molecule has 1 aromatic rings. The van der Waals surface area contributed by atoms with Crippen molar-refractivity contribution >= 4 is 13.2 Å². The molecule has 0 saturated carbocycles. The first-order valence-electron chi connectivity index (χ1n) is 5.21. The van der Waals surface area contributed by atoms with Crippen LogP contribution in [-0.4, -0.2) is 25.7 Å². The van der Waals surface area contributed by atoms with Crippen molar-refractivity contribution in [3.8, 4) is 0 Å². The number of hydrogen-bond donors (Lipinski definition) is 0. The van der Waals surface area contributed by atoms with Gasteiger partial charge in [0.2, 0.25) is 7.37 Å². The van der Waals surface area contributed by atoms with Crippen LogP contribution in [-0.2, 0) is 20.3 Å². The molecule has 0 spiro atoms. The van der Waals surface area contributed by atoms with Gasteiger partial charge in [-0.3, -0.25) is 9.36 Å². The molecule has 0 aliphatic carbocycles. The smallest absolute Gasteiger partial charge is 0.207 e. The van der Waals surface area contributed by atoms with E-state index in [0.29, 0.717) is 12.8 Å². The molecule has 0 N–H and O–H groups in total. The number of rotatable bonds is 6. The summed E-state index contributed by atoms with van der Waals surface area (Å²) in [5, 5.41) is 0. The lowest BCUT2D eigenvalue weighted by Crippen LogP contribution is -2.07. The number of Topliss-reactive ketones (excluding diaryl/α,β-unsaturated/α-hetero) is 1. The maximum Gasteiger partial charge on any atom is 0.207 e. The number of carbonyl (C=O) groups is 1. The molecule has 0 aliphatic rings. The van der Waals surface area contributed by atoms with Crippen LogP contribution in [0.2, 0.25) is 0 Å². The second-order valence-electron chi connectivity index (χ2n) is 3.88. The van der Waals surface area contributed by atoms with E-state index in [0.717, 1.165) is 5.56 Å². The zero-order chi connectivity index (χ0) is 12.0. The van der Waals surface area contributed by atoms with Crippen LogP contribution in [0, 0.1) is 0 Å². The van der Waals surface area contributed by atoms with Crippen LogP contribution in [0.3, 0.4) is 0 Å². The van der Waals surface area contributed by atoms with Crippen LogP contribution >= 0.6 is 7.37 Å². The fourth-order valence-corrected chi connectivity index (χ4v) is 2.32. The first-order valence-corrected chi connectivity index (χ1v) is 7.47. The molecule has 4 heteroatoms. The maximum atomic E-state index is 11.6. The van der Waals surface area contributed by atoms with Gasteiger partial charge in [0.05, 0.1) is 6.16 Å². The summed E-state index contributed by atoms with van der Waals surface area (Å²) < 4.78 is 16.4. The van der Waals surface area contributed by atoms with Gasteiger partial charge in [-0.15, -0.1) is 0 Å². The summed E-state index contributed by atoms with van der Waals surface area (Å²) in [5.41, 5.74) is 1.12. The first-order chi connectivity index (χ1) is 7.53. The van der Waals surface area contributed by atoms with Gasteiger partial charge in [-0.2, -0.15) is 0 Å². The average molecular weight is 240 g/mol. The number of benzene rings is 1. The molecule has 88 valence electrons. The third-order valence-electron chi connectivity index (χ3n) is 2.39. The Morgan fingerprint density at radius 2 is 1.94 bits per heavy atom. The van der Waals surface area contributed by atoms with E-state index in [2.05, 4.69) is 0 Å². The number of carbonyl (C=O) groups excluding carboxylic acids is 1. The fourth-order valence-electron chi connectivity index (χ4n) is 1.39. The van der Waals surface area contributed by atoms with Gasteiger partial charge in [-0.25, -0.2) is 0 Å². The van der Waals surface area contributed by atoms with Crippen LogP contribution in [0.5, 0.6) is 0 Å². The third kappa shape index (κ3) is 4.73. The summed E-state index contributed by atoms with van der Waals surface area (Å²) in [6, 6.07) is 9.79. The van der Waals surface area contributed by atoms with Gasteiger partial charge < -0.3 is 4.52 Å². The Hall–Kier alpha value is -0.920. The van der Waals surface area contributed by atoms with Crippen LogP contribution in [0.1, 0.15) is 12.0 Å². The largest absolute Gasteiger partial charge is 0.332 e. The second kappa shape index (κ2) is 5.97. The van der Waals surface area contributed by atoms with Gasteiger partial charge in [-0.1, -0.05) is 30.3 Å². The highest BCUT2D eigenvalue weighted by molar-refractivity contribution is 7.59. The summed E-state index contributed by atoms with van der Waals surface area (Å²) in [6.07, 6.45) is 1.16. The van der Waals surface area contributed by atoms with Gasteiger partial charge in [0.25, 0.3) is 0 Å². The lowest BCUT2D eigenvalue weighted by atomic mass is 10.1. The Morgan fingerprint density at radius 3 is 2.50 bits per heavy atom. The third-order valence-corrected chi connectivity index (χ3v) is 4.08. The summed E-state index contributed by atoms with van der Waals surface area (Å²) in [4.78, 5) is 11.5. The molecular weight excluding hydrogens is 223 g/mol. The summed E-state index contributed by atoms with van der Waals surface area (Å²) >= 11 is 0. The summed E-state index contributed by atoms with van der Waals surface area (Å²) in [6.45, 7) is 1.49. The predicted molar refractivity (Wildman–Crippen MR) is 65.2 cm³/mol. The van der Waals surface area contributed by atoms with Crippen molar-refractivity contribution in [2.45, 2.75) is 12.8 Å². The molecule has 0 heterocycles. The minimum Gasteiger partial charge on any atom is -0.332 e. The second-order valence-corrected chi connectivity index (χ2v) is 6.59. The van der Waals surface area contributed by atoms with Gasteiger partial charge in [0.15, 0.2) is 0 Å². The zero-order valence-electron chi connectivity index (χ0n) is 9.68. The summed E-state index contributed by atoms with van der Waals surface area (Å²) in [7, 11) is -1.32. The Kier molecular flexibility index (Phi) is 4.91. The van der Waals surface area contributed by atoms with Crippen LogP contribution in [0.25, 0.3) is 0 Å². The monoisotopic (exact) mass is 240 g/mol. The SMILES string of the molecule is COP(C)(=O)CC(=O)CCc1ccccc1. The van der Waals surface area contributed by atoms with E-state index in [1.54, 1.807) is 0 Å². The van der Waals surface area contributed by atoms with Crippen molar-refractivity contribution in [3.05, 3.63) is 35.9 Å². The lowest BCUT2D eigenvalue weighted by Gasteiger charge is -2.09. The minimum absolute atomic E-state index is 0.00321. The van der Waals surface area contributed by atoms with E-state index >= 15 is 0 Å². The Bertz CT molecular complexity index is 387. The molecule has 1 rings (SSSR count). The van der Waals surface area contributed by atoms with Gasteiger partial charge in [0, 0.05) is 20.2 Å². The highest BCUT2D eigenvalue weighted by atomic mass is 31.2.